The minimum absolute atomic E-state index is 0.0702. The summed E-state index contributed by atoms with van der Waals surface area (Å²) >= 11 is 0. The van der Waals surface area contributed by atoms with Crippen molar-refractivity contribution in [2.45, 2.75) is 136 Å². The Balaban J connectivity index is 3.62. The monoisotopic (exact) mass is 544 g/mol. The van der Waals surface area contributed by atoms with E-state index in [0.717, 1.165) is 0 Å². The zero-order chi connectivity index (χ0) is 28.5. The van der Waals surface area contributed by atoms with Crippen LogP contribution in [0.5, 0.6) is 0 Å². The molecule has 7 nitrogen and oxygen atoms in total. The Morgan fingerprint density at radius 3 is 1.69 bits per heavy atom. The van der Waals surface area contributed by atoms with Gasteiger partial charge in [-0.3, -0.25) is 9.59 Å². The molecule has 1 rings (SSSR count). The molecule has 1 heterocycles. The molecular formula is C27H52O7Si2. The lowest BCUT2D eigenvalue weighted by atomic mass is 9.83. The molecule has 0 aromatic rings. The first-order valence-electron chi connectivity index (χ1n) is 12.9. The third-order valence-electron chi connectivity index (χ3n) is 8.46. The molecule has 0 aromatic heterocycles. The maximum Gasteiger partial charge on any atom is 0.320 e. The van der Waals surface area contributed by atoms with Gasteiger partial charge in [0.25, 0.3) is 0 Å². The standard InChI is InChI=1S/C27H52O7Si2/c1-16-17-27(10,19(3)28)24(29)32-20-18(2)31-23(30-11)22(34-36(14,15)26(7,8)9)21(20)33-35(12,13)25(4,5)6/h16,18,20-23H,1,17H2,2-15H3/t18-,20-,21+,22-,23+,27-/m1/s1. The van der Waals surface area contributed by atoms with Gasteiger partial charge in [-0.1, -0.05) is 47.6 Å². The number of allylic oxidation sites excluding steroid dienone is 1. The molecule has 0 unspecified atom stereocenters. The maximum absolute atomic E-state index is 13.5. The number of methoxy groups -OCH3 is 1. The number of ether oxygens (including phenoxy) is 3. The molecule has 0 spiro atoms. The van der Waals surface area contributed by atoms with Gasteiger partial charge >= 0.3 is 5.97 Å². The maximum atomic E-state index is 13.5. The second-order valence-corrected chi connectivity index (χ2v) is 22.9. The molecule has 1 aliphatic heterocycles. The second-order valence-electron chi connectivity index (χ2n) is 13.4. The average Bonchev–Trinajstić information content (AvgIpc) is 2.70. The highest BCUT2D eigenvalue weighted by atomic mass is 28.4. The number of hydrogen-bond acceptors (Lipinski definition) is 7. The summed E-state index contributed by atoms with van der Waals surface area (Å²) in [6.45, 7) is 30.2. The molecule has 0 N–H and O–H groups in total. The van der Waals surface area contributed by atoms with Gasteiger partial charge in [-0.05, 0) is 63.5 Å². The highest BCUT2D eigenvalue weighted by Gasteiger charge is 2.55. The SMILES string of the molecule is C=CC[C@](C)(C(C)=O)C(=O)O[C@H]1[C@H](O[Si](C)(C)C(C)(C)C)[C@@H](O[Si](C)(C)C(C)(C)C)[C@@H](OC)O[C@@H]1C. The van der Waals surface area contributed by atoms with Crippen LogP contribution in [0.4, 0.5) is 0 Å². The van der Waals surface area contributed by atoms with Crippen LogP contribution in [-0.4, -0.2) is 66.2 Å². The number of carbonyl (C=O) groups excluding carboxylic acids is 2. The molecule has 9 heteroatoms. The topological polar surface area (TPSA) is 80.3 Å². The van der Waals surface area contributed by atoms with Crippen molar-refractivity contribution >= 4 is 28.4 Å². The van der Waals surface area contributed by atoms with E-state index in [1.165, 1.54) is 6.92 Å². The van der Waals surface area contributed by atoms with E-state index >= 15 is 0 Å². The van der Waals surface area contributed by atoms with E-state index < -0.39 is 58.7 Å². The minimum atomic E-state index is -2.35. The summed E-state index contributed by atoms with van der Waals surface area (Å²) in [5.74, 6) is -0.886. The second kappa shape index (κ2) is 11.5. The van der Waals surface area contributed by atoms with Crippen molar-refractivity contribution in [1.82, 2.24) is 0 Å². The smallest absolute Gasteiger partial charge is 0.320 e. The summed E-state index contributed by atoms with van der Waals surface area (Å²) in [5.41, 5.74) is -1.34. The number of carbonyl (C=O) groups is 2. The molecular weight excluding hydrogens is 492 g/mol. The lowest BCUT2D eigenvalue weighted by molar-refractivity contribution is -0.284. The summed E-state index contributed by atoms with van der Waals surface area (Å²) < 4.78 is 31.9. The number of ketones is 1. The van der Waals surface area contributed by atoms with Crippen LogP contribution in [0.3, 0.4) is 0 Å². The molecule has 1 saturated heterocycles. The first-order valence-corrected chi connectivity index (χ1v) is 18.7. The van der Waals surface area contributed by atoms with Gasteiger partial charge in [0.05, 0.1) is 6.10 Å². The molecule has 0 radical (unpaired) electrons. The Bertz CT molecular complexity index is 797. The third kappa shape index (κ3) is 7.17. The largest absolute Gasteiger partial charge is 0.456 e. The number of hydrogen-bond donors (Lipinski definition) is 0. The van der Waals surface area contributed by atoms with Crippen LogP contribution in [0.2, 0.25) is 36.3 Å². The van der Waals surface area contributed by atoms with Crippen LogP contribution in [0.25, 0.3) is 0 Å². The average molecular weight is 545 g/mol. The third-order valence-corrected chi connectivity index (χ3v) is 17.4. The van der Waals surface area contributed by atoms with Crippen LogP contribution in [0.15, 0.2) is 12.7 Å². The van der Waals surface area contributed by atoms with Crippen molar-refractivity contribution in [2.24, 2.45) is 5.41 Å². The Labute approximate surface area is 221 Å². The molecule has 210 valence electrons. The van der Waals surface area contributed by atoms with Gasteiger partial charge in [0.2, 0.25) is 0 Å². The van der Waals surface area contributed by atoms with E-state index in [1.807, 2.05) is 6.92 Å². The van der Waals surface area contributed by atoms with E-state index in [2.05, 4.69) is 74.3 Å². The van der Waals surface area contributed by atoms with Gasteiger partial charge in [-0.25, -0.2) is 0 Å². The highest BCUT2D eigenvalue weighted by molar-refractivity contribution is 6.74. The van der Waals surface area contributed by atoms with Crippen LogP contribution < -0.4 is 0 Å². The summed E-state index contributed by atoms with van der Waals surface area (Å²) in [5, 5.41) is -0.164. The molecule has 6 atom stereocenters. The van der Waals surface area contributed by atoms with E-state index in [4.69, 9.17) is 23.1 Å². The van der Waals surface area contributed by atoms with Gasteiger partial charge in [-0.2, -0.15) is 0 Å². The Morgan fingerprint density at radius 1 is 0.889 bits per heavy atom. The summed E-state index contributed by atoms with van der Waals surface area (Å²) in [6, 6.07) is 0. The quantitative estimate of drug-likeness (QED) is 0.139. The van der Waals surface area contributed by atoms with Crippen LogP contribution in [0.1, 0.15) is 68.7 Å². The fourth-order valence-electron chi connectivity index (χ4n) is 3.53. The molecule has 0 bridgehead atoms. The minimum Gasteiger partial charge on any atom is -0.456 e. The molecule has 0 amide bonds. The van der Waals surface area contributed by atoms with Gasteiger partial charge in [0.15, 0.2) is 29.0 Å². The Morgan fingerprint density at radius 2 is 1.33 bits per heavy atom. The van der Waals surface area contributed by atoms with Crippen LogP contribution >= 0.6 is 0 Å². The van der Waals surface area contributed by atoms with Gasteiger partial charge in [-0.15, -0.1) is 6.58 Å². The van der Waals surface area contributed by atoms with Crippen molar-refractivity contribution < 1.29 is 32.7 Å². The molecule has 0 aromatic carbocycles. The summed E-state index contributed by atoms with van der Waals surface area (Å²) in [7, 11) is -3.07. The van der Waals surface area contributed by atoms with Gasteiger partial charge in [0.1, 0.15) is 23.4 Å². The summed E-state index contributed by atoms with van der Waals surface area (Å²) in [4.78, 5) is 25.9. The summed E-state index contributed by atoms with van der Waals surface area (Å²) in [6.07, 6.45) is -1.49. The zero-order valence-electron chi connectivity index (χ0n) is 25.2. The van der Waals surface area contributed by atoms with Crippen molar-refractivity contribution in [1.29, 1.82) is 0 Å². The van der Waals surface area contributed by atoms with Gasteiger partial charge < -0.3 is 23.1 Å². The first kappa shape index (κ1) is 33.2. The molecule has 0 aliphatic carbocycles. The molecule has 1 fully saturated rings. The Hall–Kier alpha value is -0.846. The van der Waals surface area contributed by atoms with E-state index in [9.17, 15) is 9.59 Å². The van der Waals surface area contributed by atoms with Crippen molar-refractivity contribution in [3.63, 3.8) is 0 Å². The fourth-order valence-corrected chi connectivity index (χ4v) is 6.11. The lowest BCUT2D eigenvalue weighted by Gasteiger charge is -2.51. The number of esters is 1. The van der Waals surface area contributed by atoms with Crippen LogP contribution in [0, 0.1) is 5.41 Å². The highest BCUT2D eigenvalue weighted by Crippen LogP contribution is 2.44. The number of rotatable bonds is 10. The van der Waals surface area contributed by atoms with Crippen molar-refractivity contribution in [2.75, 3.05) is 7.11 Å². The number of Topliss-reactive ketones (excluding diaryl/α,β-unsaturated/α-hetero) is 1. The predicted molar refractivity (Wildman–Crippen MR) is 149 cm³/mol. The molecule has 36 heavy (non-hydrogen) atoms. The normalized spacial score (nSPS) is 27.8. The van der Waals surface area contributed by atoms with E-state index in [1.54, 1.807) is 20.1 Å². The first-order chi connectivity index (χ1) is 16.1. The van der Waals surface area contributed by atoms with Crippen LogP contribution in [-0.2, 0) is 32.7 Å². The zero-order valence-corrected chi connectivity index (χ0v) is 27.2. The van der Waals surface area contributed by atoms with E-state index in [0.29, 0.717) is 0 Å². The predicted octanol–water partition coefficient (Wildman–Crippen LogP) is 6.24. The van der Waals surface area contributed by atoms with E-state index in [-0.39, 0.29) is 22.3 Å². The van der Waals surface area contributed by atoms with Gasteiger partial charge in [0, 0.05) is 7.11 Å². The fraction of sp³-hybridized carbons (Fsp3) is 0.852. The molecule has 1 aliphatic rings. The van der Waals surface area contributed by atoms with Crippen molar-refractivity contribution in [3.05, 3.63) is 12.7 Å². The van der Waals surface area contributed by atoms with Crippen molar-refractivity contribution in [3.8, 4) is 0 Å². The molecule has 0 saturated carbocycles. The lowest BCUT2D eigenvalue weighted by Crippen LogP contribution is -2.66. The Kier molecular flexibility index (Phi) is 10.6.